The van der Waals surface area contributed by atoms with Gasteiger partial charge in [0, 0.05) is 5.54 Å². The lowest BCUT2D eigenvalue weighted by Crippen LogP contribution is -2.40. The molecule has 0 heterocycles. The number of rotatable bonds is 6. The quantitative estimate of drug-likeness (QED) is 0.788. The molecule has 2 aromatic rings. The molecule has 2 aliphatic carbocycles. The van der Waals surface area contributed by atoms with Crippen molar-refractivity contribution in [3.8, 4) is 0 Å². The molecule has 0 unspecified atom stereocenters. The number of fused-ring (bicyclic) bond motifs is 1. The number of benzene rings is 2. The van der Waals surface area contributed by atoms with Crippen molar-refractivity contribution in [1.82, 2.24) is 0 Å². The van der Waals surface area contributed by atoms with Gasteiger partial charge in [-0.25, -0.2) is 0 Å². The molecule has 0 saturated heterocycles. The Morgan fingerprint density at radius 1 is 1.11 bits per heavy atom. The lowest BCUT2D eigenvalue weighted by molar-refractivity contribution is 0.0823. The van der Waals surface area contributed by atoms with E-state index in [1.807, 2.05) is 0 Å². The summed E-state index contributed by atoms with van der Waals surface area (Å²) in [4.78, 5) is 0. The highest BCUT2D eigenvalue weighted by atomic mass is 16.5. The van der Waals surface area contributed by atoms with E-state index in [9.17, 15) is 5.11 Å². The molecule has 0 aromatic heterocycles. The Morgan fingerprint density at radius 3 is 2.68 bits per heavy atom. The van der Waals surface area contributed by atoms with E-state index in [0.717, 1.165) is 38.7 Å². The fourth-order valence-electron chi connectivity index (χ4n) is 4.86. The zero-order valence-corrected chi connectivity index (χ0v) is 17.0. The zero-order valence-electron chi connectivity index (χ0n) is 17.0. The number of aliphatic hydroxyl groups excluding tert-OH is 1. The van der Waals surface area contributed by atoms with Gasteiger partial charge in [-0.3, -0.25) is 0 Å². The number of aliphatic hydroxyl groups is 1. The van der Waals surface area contributed by atoms with Gasteiger partial charge in [0.25, 0.3) is 0 Å². The van der Waals surface area contributed by atoms with Crippen LogP contribution in [0.4, 0.5) is 0 Å². The van der Waals surface area contributed by atoms with E-state index in [0.29, 0.717) is 18.4 Å². The number of hydrogen-bond donors (Lipinski definition) is 2. The van der Waals surface area contributed by atoms with Crippen molar-refractivity contribution < 1.29 is 9.84 Å². The van der Waals surface area contributed by atoms with Crippen molar-refractivity contribution in [2.75, 3.05) is 13.2 Å². The average Bonchev–Trinajstić information content (AvgIpc) is 3.12. The molecule has 3 N–H and O–H groups in total. The van der Waals surface area contributed by atoms with Gasteiger partial charge >= 0.3 is 0 Å². The Labute approximate surface area is 168 Å². The molecule has 3 heteroatoms. The van der Waals surface area contributed by atoms with Gasteiger partial charge in [0.15, 0.2) is 0 Å². The first-order valence-corrected chi connectivity index (χ1v) is 10.7. The predicted octanol–water partition coefficient (Wildman–Crippen LogP) is 4.27. The first kappa shape index (κ1) is 19.6. The minimum Gasteiger partial charge on any atom is -0.394 e. The van der Waals surface area contributed by atoms with Crippen molar-refractivity contribution >= 4 is 0 Å². The Bertz CT molecular complexity index is 801. The lowest BCUT2D eigenvalue weighted by atomic mass is 9.82. The summed E-state index contributed by atoms with van der Waals surface area (Å²) in [5, 5.41) is 9.53. The molecular formula is C25H33NO2. The molecule has 2 aromatic carbocycles. The second-order valence-electron chi connectivity index (χ2n) is 9.10. The molecule has 4 rings (SSSR count). The number of ether oxygens (including phenoxy) is 1. The molecule has 3 atom stereocenters. The largest absolute Gasteiger partial charge is 0.394 e. The van der Waals surface area contributed by atoms with Gasteiger partial charge in [0.2, 0.25) is 0 Å². The van der Waals surface area contributed by atoms with Crippen LogP contribution in [0.25, 0.3) is 0 Å². The molecule has 0 spiro atoms. The zero-order chi connectivity index (χ0) is 19.6. The summed E-state index contributed by atoms with van der Waals surface area (Å²) >= 11 is 0. The second kappa shape index (κ2) is 8.36. The molecule has 3 nitrogen and oxygen atoms in total. The van der Waals surface area contributed by atoms with Crippen LogP contribution >= 0.6 is 0 Å². The molecule has 1 fully saturated rings. The summed E-state index contributed by atoms with van der Waals surface area (Å²) in [7, 11) is 0. The standard InChI is InChI=1S/C25H33NO2/c1-18-2-4-19(5-3-18)15-28-16-20-6-7-22-13-23(9-8-21(22)12-20)24-10-11-25(26,14-24)17-27/h2-5,8-9,13,20,24,27H,6-7,10-12,14-17,26H2,1H3/t20-,24+,25-/m1/s1. The van der Waals surface area contributed by atoms with Gasteiger partial charge < -0.3 is 15.6 Å². The summed E-state index contributed by atoms with van der Waals surface area (Å²) in [5.41, 5.74) is 12.8. The van der Waals surface area contributed by atoms with Gasteiger partial charge in [-0.15, -0.1) is 0 Å². The average molecular weight is 380 g/mol. The molecular weight excluding hydrogens is 346 g/mol. The Hall–Kier alpha value is -1.68. The van der Waals surface area contributed by atoms with Gasteiger partial charge in [-0.05, 0) is 79.5 Å². The molecule has 1 saturated carbocycles. The van der Waals surface area contributed by atoms with Crippen molar-refractivity contribution in [3.05, 3.63) is 70.3 Å². The van der Waals surface area contributed by atoms with E-state index in [4.69, 9.17) is 10.5 Å². The van der Waals surface area contributed by atoms with Crippen LogP contribution in [-0.2, 0) is 24.2 Å². The van der Waals surface area contributed by atoms with E-state index < -0.39 is 0 Å². The van der Waals surface area contributed by atoms with Gasteiger partial charge in [0.1, 0.15) is 0 Å². The normalized spacial score (nSPS) is 27.0. The number of aryl methyl sites for hydroxylation is 2. The van der Waals surface area contributed by atoms with E-state index in [1.165, 1.54) is 34.2 Å². The van der Waals surface area contributed by atoms with E-state index in [-0.39, 0.29) is 12.1 Å². The molecule has 28 heavy (non-hydrogen) atoms. The van der Waals surface area contributed by atoms with Crippen LogP contribution < -0.4 is 5.73 Å². The Kier molecular flexibility index (Phi) is 5.86. The van der Waals surface area contributed by atoms with Crippen molar-refractivity contribution in [3.63, 3.8) is 0 Å². The first-order chi connectivity index (χ1) is 13.5. The topological polar surface area (TPSA) is 55.5 Å². The summed E-state index contributed by atoms with van der Waals surface area (Å²) in [6.07, 6.45) is 6.37. The molecule has 0 bridgehead atoms. The monoisotopic (exact) mass is 379 g/mol. The second-order valence-corrected chi connectivity index (χ2v) is 9.10. The highest BCUT2D eigenvalue weighted by molar-refractivity contribution is 5.36. The van der Waals surface area contributed by atoms with Crippen LogP contribution in [0.3, 0.4) is 0 Å². The van der Waals surface area contributed by atoms with Gasteiger partial charge in [-0.1, -0.05) is 48.0 Å². The highest BCUT2D eigenvalue weighted by Crippen LogP contribution is 2.40. The maximum Gasteiger partial charge on any atom is 0.0717 e. The van der Waals surface area contributed by atoms with Crippen molar-refractivity contribution in [2.24, 2.45) is 11.7 Å². The number of nitrogens with two attached hydrogens (primary N) is 1. The van der Waals surface area contributed by atoms with E-state index in [1.54, 1.807) is 0 Å². The summed E-state index contributed by atoms with van der Waals surface area (Å²) in [6, 6.07) is 15.6. The molecule has 0 amide bonds. The summed E-state index contributed by atoms with van der Waals surface area (Å²) in [6.45, 7) is 3.75. The maximum atomic E-state index is 9.53. The van der Waals surface area contributed by atoms with E-state index >= 15 is 0 Å². The van der Waals surface area contributed by atoms with Crippen LogP contribution in [0.15, 0.2) is 42.5 Å². The summed E-state index contributed by atoms with van der Waals surface area (Å²) in [5.74, 6) is 1.11. The van der Waals surface area contributed by atoms with Crippen LogP contribution in [0.5, 0.6) is 0 Å². The Morgan fingerprint density at radius 2 is 1.93 bits per heavy atom. The summed E-state index contributed by atoms with van der Waals surface area (Å²) < 4.78 is 6.02. The first-order valence-electron chi connectivity index (χ1n) is 10.7. The molecule has 0 aliphatic heterocycles. The molecule has 2 aliphatic rings. The minimum atomic E-state index is -0.375. The fourth-order valence-corrected chi connectivity index (χ4v) is 4.86. The van der Waals surface area contributed by atoms with Crippen molar-refractivity contribution in [1.29, 1.82) is 0 Å². The van der Waals surface area contributed by atoms with Gasteiger partial charge in [-0.2, -0.15) is 0 Å². The Balaban J connectivity index is 1.31. The maximum absolute atomic E-state index is 9.53. The number of hydrogen-bond acceptors (Lipinski definition) is 3. The van der Waals surface area contributed by atoms with Crippen molar-refractivity contribution in [2.45, 2.75) is 63.5 Å². The third-order valence-electron chi connectivity index (χ3n) is 6.73. The van der Waals surface area contributed by atoms with Crippen LogP contribution in [0.1, 0.15) is 59.4 Å². The van der Waals surface area contributed by atoms with Gasteiger partial charge in [0.05, 0.1) is 19.8 Å². The lowest BCUT2D eigenvalue weighted by Gasteiger charge is -2.26. The molecule has 0 radical (unpaired) electrons. The van der Waals surface area contributed by atoms with Crippen LogP contribution in [0.2, 0.25) is 0 Å². The van der Waals surface area contributed by atoms with Crippen LogP contribution in [-0.4, -0.2) is 23.9 Å². The predicted molar refractivity (Wildman–Crippen MR) is 113 cm³/mol. The smallest absolute Gasteiger partial charge is 0.0717 e. The minimum absolute atomic E-state index is 0.0959. The molecule has 150 valence electrons. The van der Waals surface area contributed by atoms with E-state index in [2.05, 4.69) is 49.4 Å². The highest BCUT2D eigenvalue weighted by Gasteiger charge is 2.36. The third kappa shape index (κ3) is 4.48. The fraction of sp³-hybridized carbons (Fsp3) is 0.520. The van der Waals surface area contributed by atoms with Crippen LogP contribution in [0, 0.1) is 12.8 Å². The third-order valence-corrected chi connectivity index (χ3v) is 6.73. The SMILES string of the molecule is Cc1ccc(COC[C@@H]2CCc3cc([C@H]4CC[C@](N)(CO)C4)ccc3C2)cc1.